The Balaban J connectivity index is 1.50. The number of hydrogen-bond donors (Lipinski definition) is 2. The molecule has 5 nitrogen and oxygen atoms in total. The molecule has 1 saturated carbocycles. The molecule has 4 unspecified atom stereocenters. The highest BCUT2D eigenvalue weighted by molar-refractivity contribution is 6.08. The summed E-state index contributed by atoms with van der Waals surface area (Å²) in [5.74, 6) is 0.611. The molecule has 1 aromatic rings. The first-order valence-corrected chi connectivity index (χ1v) is 12.7. The summed E-state index contributed by atoms with van der Waals surface area (Å²) in [6, 6.07) is 6.84. The van der Waals surface area contributed by atoms with E-state index in [4.69, 9.17) is 0 Å². The molecule has 6 aliphatic rings. The highest BCUT2D eigenvalue weighted by Gasteiger charge is 2.77. The molecular weight excluding hydrogens is 410 g/mol. The smallest absolute Gasteiger partial charge is 0.241 e. The predicted octanol–water partition coefficient (Wildman–Crippen LogP) is 4.32. The van der Waals surface area contributed by atoms with Crippen LogP contribution in [0.1, 0.15) is 77.8 Å². The van der Waals surface area contributed by atoms with Crippen molar-refractivity contribution in [2.75, 3.05) is 11.9 Å². The van der Waals surface area contributed by atoms with Crippen molar-refractivity contribution in [3.63, 3.8) is 0 Å². The van der Waals surface area contributed by atoms with Crippen LogP contribution >= 0.6 is 0 Å². The highest BCUT2D eigenvalue weighted by Crippen LogP contribution is 2.70. The van der Waals surface area contributed by atoms with E-state index < -0.39 is 11.0 Å². The second kappa shape index (κ2) is 6.50. The van der Waals surface area contributed by atoms with Crippen molar-refractivity contribution in [3.8, 4) is 0 Å². The summed E-state index contributed by atoms with van der Waals surface area (Å²) in [5, 5.41) is 6.87. The van der Waals surface area contributed by atoms with Crippen LogP contribution in [0.2, 0.25) is 0 Å². The Morgan fingerprint density at radius 1 is 1.21 bits per heavy atom. The number of para-hydroxylation sites is 1. The molecule has 2 amide bonds. The van der Waals surface area contributed by atoms with E-state index in [1.165, 1.54) is 11.1 Å². The van der Waals surface area contributed by atoms with E-state index in [1.54, 1.807) is 0 Å². The molecule has 5 atom stereocenters. The Bertz CT molecular complexity index is 1100. The first kappa shape index (κ1) is 21.4. The van der Waals surface area contributed by atoms with E-state index >= 15 is 0 Å². The molecule has 3 spiro atoms. The van der Waals surface area contributed by atoms with Gasteiger partial charge in [-0.2, -0.15) is 0 Å². The Labute approximate surface area is 197 Å². The van der Waals surface area contributed by atoms with Gasteiger partial charge in [-0.1, -0.05) is 43.7 Å². The molecule has 5 heteroatoms. The molecule has 5 aliphatic heterocycles. The van der Waals surface area contributed by atoms with Gasteiger partial charge in [0.05, 0.1) is 11.0 Å². The Hall–Kier alpha value is -2.14. The number of piperazine rings is 1. The maximum absolute atomic E-state index is 14.0. The number of carbonyl (C=O) groups is 2. The summed E-state index contributed by atoms with van der Waals surface area (Å²) in [6.45, 7) is 12.0. The van der Waals surface area contributed by atoms with Crippen LogP contribution < -0.4 is 10.6 Å². The lowest BCUT2D eigenvalue weighted by atomic mass is 9.56. The molecule has 7 rings (SSSR count). The number of benzene rings is 1. The molecular formula is C28H37N3O2. The minimum absolute atomic E-state index is 0.122. The lowest BCUT2D eigenvalue weighted by molar-refractivity contribution is -0.173. The van der Waals surface area contributed by atoms with Crippen LogP contribution in [-0.2, 0) is 21.4 Å². The lowest BCUT2D eigenvalue weighted by Crippen LogP contribution is -2.82. The van der Waals surface area contributed by atoms with Gasteiger partial charge in [0.15, 0.2) is 0 Å². The van der Waals surface area contributed by atoms with Crippen molar-refractivity contribution < 1.29 is 9.59 Å². The number of nitrogens with one attached hydrogen (secondary N) is 2. The summed E-state index contributed by atoms with van der Waals surface area (Å²) in [5.41, 5.74) is 2.99. The summed E-state index contributed by atoms with van der Waals surface area (Å²) < 4.78 is 0. The van der Waals surface area contributed by atoms with Gasteiger partial charge < -0.3 is 10.6 Å². The molecule has 33 heavy (non-hydrogen) atoms. The van der Waals surface area contributed by atoms with Gasteiger partial charge >= 0.3 is 0 Å². The third kappa shape index (κ3) is 2.42. The van der Waals surface area contributed by atoms with Crippen LogP contribution in [0, 0.1) is 11.3 Å². The number of nitrogens with zero attached hydrogens (tertiary/aromatic N) is 1. The molecule has 4 saturated heterocycles. The average molecular weight is 448 g/mol. The topological polar surface area (TPSA) is 61.4 Å². The zero-order valence-electron chi connectivity index (χ0n) is 20.7. The quantitative estimate of drug-likeness (QED) is 0.664. The number of carbonyl (C=O) groups excluding carboxylic acids is 2. The fourth-order valence-electron chi connectivity index (χ4n) is 8.60. The number of amides is 2. The first-order valence-electron chi connectivity index (χ1n) is 12.7. The summed E-state index contributed by atoms with van der Waals surface area (Å²) in [4.78, 5) is 30.1. The minimum Gasteiger partial charge on any atom is -0.347 e. The van der Waals surface area contributed by atoms with E-state index in [-0.39, 0.29) is 28.7 Å². The lowest BCUT2D eigenvalue weighted by Gasteiger charge is -2.65. The number of anilines is 1. The Morgan fingerprint density at radius 3 is 2.76 bits per heavy atom. The fourth-order valence-corrected chi connectivity index (χ4v) is 8.60. The van der Waals surface area contributed by atoms with Gasteiger partial charge in [-0.15, -0.1) is 0 Å². The summed E-state index contributed by atoms with van der Waals surface area (Å²) >= 11 is 0. The van der Waals surface area contributed by atoms with Crippen molar-refractivity contribution in [3.05, 3.63) is 41.0 Å². The third-order valence-electron chi connectivity index (χ3n) is 10.3. The fraction of sp³-hybridized carbons (Fsp3) is 0.643. The first-order chi connectivity index (χ1) is 15.6. The molecule has 0 radical (unpaired) electrons. The van der Waals surface area contributed by atoms with Gasteiger partial charge in [-0.3, -0.25) is 14.5 Å². The van der Waals surface area contributed by atoms with E-state index in [2.05, 4.69) is 74.4 Å². The normalized spacial score (nSPS) is 40.2. The molecule has 2 N–H and O–H groups in total. The molecule has 5 fully saturated rings. The number of piperidine rings is 3. The average Bonchev–Trinajstić information content (AvgIpc) is 3.15. The standard InChI is InChI=1S/C28H37N3O2/c1-17(2)11-12-19-9-6-10-20-22(19)29-24(33)28(20)15-26-16-31-18(3)8-7-13-27(31,23(32)30-26)14-21(26)25(28,4)5/h6,9-11,18,21H,7-8,12-16H2,1-5H3,(H,29,33)(H,30,32)/t18?,21?,26?,27-,28?/m0/s1. The molecule has 1 aromatic carbocycles. The number of hydrogen-bond acceptors (Lipinski definition) is 3. The molecule has 2 bridgehead atoms. The van der Waals surface area contributed by atoms with Crippen molar-refractivity contribution in [1.29, 1.82) is 0 Å². The number of rotatable bonds is 2. The van der Waals surface area contributed by atoms with Crippen LogP contribution in [0.5, 0.6) is 0 Å². The van der Waals surface area contributed by atoms with Gasteiger partial charge in [0.2, 0.25) is 11.8 Å². The number of allylic oxidation sites excluding steroid dienone is 2. The summed E-state index contributed by atoms with van der Waals surface area (Å²) in [6.07, 6.45) is 7.81. The van der Waals surface area contributed by atoms with Gasteiger partial charge in [0.25, 0.3) is 0 Å². The van der Waals surface area contributed by atoms with Crippen molar-refractivity contribution in [1.82, 2.24) is 10.2 Å². The van der Waals surface area contributed by atoms with E-state index in [0.29, 0.717) is 12.5 Å². The van der Waals surface area contributed by atoms with Gasteiger partial charge in [-0.25, -0.2) is 0 Å². The van der Waals surface area contributed by atoms with E-state index in [1.807, 2.05) is 0 Å². The maximum atomic E-state index is 14.0. The Morgan fingerprint density at radius 2 is 2.00 bits per heavy atom. The molecule has 0 aromatic heterocycles. The van der Waals surface area contributed by atoms with Crippen molar-refractivity contribution in [2.45, 2.75) is 95.7 Å². The monoisotopic (exact) mass is 447 g/mol. The van der Waals surface area contributed by atoms with Crippen LogP contribution in [0.4, 0.5) is 5.69 Å². The Kier molecular flexibility index (Phi) is 4.21. The summed E-state index contributed by atoms with van der Waals surface area (Å²) in [7, 11) is 0. The van der Waals surface area contributed by atoms with Crippen LogP contribution in [0.15, 0.2) is 29.8 Å². The minimum atomic E-state index is -0.620. The second-order valence-electron chi connectivity index (χ2n) is 12.4. The van der Waals surface area contributed by atoms with E-state index in [9.17, 15) is 9.59 Å². The molecule has 176 valence electrons. The van der Waals surface area contributed by atoms with Gasteiger partial charge in [0.1, 0.15) is 5.54 Å². The zero-order chi connectivity index (χ0) is 23.4. The van der Waals surface area contributed by atoms with E-state index in [0.717, 1.165) is 49.9 Å². The highest BCUT2D eigenvalue weighted by atomic mass is 16.2. The maximum Gasteiger partial charge on any atom is 0.241 e. The van der Waals surface area contributed by atoms with Crippen LogP contribution in [-0.4, -0.2) is 40.4 Å². The second-order valence-corrected chi connectivity index (χ2v) is 12.4. The molecule has 1 aliphatic carbocycles. The van der Waals surface area contributed by atoms with Crippen molar-refractivity contribution >= 4 is 17.5 Å². The van der Waals surface area contributed by atoms with Gasteiger partial charge in [-0.05, 0) is 81.8 Å². The van der Waals surface area contributed by atoms with Crippen LogP contribution in [0.25, 0.3) is 0 Å². The van der Waals surface area contributed by atoms with Crippen LogP contribution in [0.3, 0.4) is 0 Å². The largest absolute Gasteiger partial charge is 0.347 e. The third-order valence-corrected chi connectivity index (χ3v) is 10.3. The molecule has 5 heterocycles. The zero-order valence-corrected chi connectivity index (χ0v) is 20.7. The predicted molar refractivity (Wildman–Crippen MR) is 130 cm³/mol. The number of fused-ring (bicyclic) bond motifs is 3. The van der Waals surface area contributed by atoms with Gasteiger partial charge in [0, 0.05) is 18.3 Å². The van der Waals surface area contributed by atoms with Crippen molar-refractivity contribution in [2.24, 2.45) is 11.3 Å². The SMILES string of the molecule is CC(C)=CCc1cccc2c1NC(=O)C21CC23CN4C(C)CCC[C@]4(CC2C1(C)C)C(=O)N3.